The second-order valence-corrected chi connectivity index (χ2v) is 6.59. The van der Waals surface area contributed by atoms with Gasteiger partial charge in [-0.25, -0.2) is 9.97 Å². The number of nitrogens with zero attached hydrogens (tertiary/aromatic N) is 3. The predicted octanol–water partition coefficient (Wildman–Crippen LogP) is 4.31. The van der Waals surface area contributed by atoms with Crippen molar-refractivity contribution in [1.29, 1.82) is 0 Å². The molecule has 0 radical (unpaired) electrons. The molecule has 4 aromatic rings. The quantitative estimate of drug-likeness (QED) is 0.600. The average Bonchev–Trinajstić information content (AvgIpc) is 3.08. The molecule has 0 fully saturated rings. The summed E-state index contributed by atoms with van der Waals surface area (Å²) in [5, 5.41) is 5.89. The first-order valence-corrected chi connectivity index (χ1v) is 8.63. The zero-order valence-electron chi connectivity index (χ0n) is 13.4. The highest BCUT2D eigenvalue weighted by atomic mass is 32.1. The van der Waals surface area contributed by atoms with Crippen LogP contribution in [0.25, 0.3) is 22.3 Å². The zero-order chi connectivity index (χ0) is 17.2. The van der Waals surface area contributed by atoms with Gasteiger partial charge in [0.1, 0.15) is 5.69 Å². The summed E-state index contributed by atoms with van der Waals surface area (Å²) in [6.07, 6.45) is 1.49. The number of aromatic nitrogens is 3. The van der Waals surface area contributed by atoms with E-state index in [4.69, 9.17) is 0 Å². The Kier molecular flexibility index (Phi) is 3.95. The maximum Gasteiger partial charge on any atom is 0.275 e. The predicted molar refractivity (Wildman–Crippen MR) is 99.8 cm³/mol. The summed E-state index contributed by atoms with van der Waals surface area (Å²) in [6.45, 7) is 1.97. The molecular weight excluding hydrogens is 332 g/mol. The van der Waals surface area contributed by atoms with Gasteiger partial charge in [-0.15, -0.1) is 11.3 Å². The maximum atomic E-state index is 12.5. The topological polar surface area (TPSA) is 67.8 Å². The van der Waals surface area contributed by atoms with Crippen molar-refractivity contribution in [3.05, 3.63) is 70.8 Å². The third-order valence-corrected chi connectivity index (χ3v) is 4.49. The number of anilines is 1. The largest absolute Gasteiger partial charge is 0.321 e. The van der Waals surface area contributed by atoms with Crippen molar-refractivity contribution in [2.45, 2.75) is 6.92 Å². The monoisotopic (exact) mass is 346 g/mol. The highest BCUT2D eigenvalue weighted by Crippen LogP contribution is 2.24. The molecule has 2 aromatic carbocycles. The molecule has 0 spiro atoms. The molecule has 2 heterocycles. The fourth-order valence-corrected chi connectivity index (χ4v) is 3.14. The van der Waals surface area contributed by atoms with E-state index in [0.29, 0.717) is 11.2 Å². The Morgan fingerprint density at radius 1 is 1.04 bits per heavy atom. The molecule has 0 atom stereocenters. The van der Waals surface area contributed by atoms with Gasteiger partial charge in [0.05, 0.1) is 27.9 Å². The molecule has 1 N–H and O–H groups in total. The summed E-state index contributed by atoms with van der Waals surface area (Å²) in [5.41, 5.74) is 4.31. The third kappa shape index (κ3) is 3.25. The van der Waals surface area contributed by atoms with Crippen molar-refractivity contribution in [2.75, 3.05) is 5.32 Å². The van der Waals surface area contributed by atoms with Crippen molar-refractivity contribution < 1.29 is 4.79 Å². The number of carbonyl (C=O) groups is 1. The zero-order valence-corrected chi connectivity index (χ0v) is 14.2. The number of hydrogen-bond donors (Lipinski definition) is 1. The fourth-order valence-electron chi connectivity index (χ4n) is 2.51. The van der Waals surface area contributed by atoms with Crippen molar-refractivity contribution in [3.63, 3.8) is 0 Å². The lowest BCUT2D eigenvalue weighted by atomic mass is 10.1. The second-order valence-electron chi connectivity index (χ2n) is 5.53. The van der Waals surface area contributed by atoms with Crippen molar-refractivity contribution in [3.8, 4) is 11.3 Å². The minimum Gasteiger partial charge on any atom is -0.321 e. The Hall–Kier alpha value is -3.12. The van der Waals surface area contributed by atoms with Gasteiger partial charge in [0.25, 0.3) is 5.91 Å². The van der Waals surface area contributed by atoms with Crippen LogP contribution in [0.3, 0.4) is 0 Å². The summed E-state index contributed by atoms with van der Waals surface area (Å²) < 4.78 is 0. The fraction of sp³-hybridized carbons (Fsp3) is 0.0526. The Balaban J connectivity index is 1.59. The van der Waals surface area contributed by atoms with Crippen LogP contribution in [-0.2, 0) is 0 Å². The van der Waals surface area contributed by atoms with Gasteiger partial charge in [-0.05, 0) is 31.2 Å². The van der Waals surface area contributed by atoms with E-state index in [2.05, 4.69) is 20.3 Å². The highest BCUT2D eigenvalue weighted by Gasteiger charge is 2.10. The van der Waals surface area contributed by atoms with E-state index in [0.717, 1.165) is 21.8 Å². The smallest absolute Gasteiger partial charge is 0.275 e. The molecule has 25 heavy (non-hydrogen) atoms. The molecule has 0 unspecified atom stereocenters. The van der Waals surface area contributed by atoms with Crippen LogP contribution < -0.4 is 5.32 Å². The first-order valence-electron chi connectivity index (χ1n) is 7.75. The van der Waals surface area contributed by atoms with Gasteiger partial charge in [0.15, 0.2) is 0 Å². The van der Waals surface area contributed by atoms with E-state index in [1.54, 1.807) is 11.3 Å². The van der Waals surface area contributed by atoms with Crippen molar-refractivity contribution >= 4 is 34.0 Å². The molecule has 0 saturated heterocycles. The van der Waals surface area contributed by atoms with Crippen LogP contribution in [0.15, 0.2) is 60.1 Å². The molecule has 0 aliphatic heterocycles. The summed E-state index contributed by atoms with van der Waals surface area (Å²) >= 11 is 1.60. The number of hydrogen-bond acceptors (Lipinski definition) is 5. The van der Waals surface area contributed by atoms with Gasteiger partial charge < -0.3 is 5.32 Å². The van der Waals surface area contributed by atoms with Gasteiger partial charge in [-0.1, -0.05) is 24.3 Å². The number of rotatable bonds is 3. The number of carbonyl (C=O) groups excluding carboxylic acids is 1. The lowest BCUT2D eigenvalue weighted by Crippen LogP contribution is -2.14. The number of thiazole rings is 1. The number of para-hydroxylation sites is 2. The molecule has 122 valence electrons. The van der Waals surface area contributed by atoms with Gasteiger partial charge in [-0.2, -0.15) is 0 Å². The van der Waals surface area contributed by atoms with E-state index in [-0.39, 0.29) is 11.6 Å². The summed E-state index contributed by atoms with van der Waals surface area (Å²) in [5.74, 6) is -0.287. The van der Waals surface area contributed by atoms with Gasteiger partial charge in [-0.3, -0.25) is 9.78 Å². The van der Waals surface area contributed by atoms with Crippen LogP contribution in [0.5, 0.6) is 0 Å². The van der Waals surface area contributed by atoms with Gasteiger partial charge >= 0.3 is 0 Å². The van der Waals surface area contributed by atoms with E-state index in [1.807, 2.05) is 60.8 Å². The molecule has 0 saturated carbocycles. The molecule has 0 aliphatic rings. The number of amides is 1. The lowest BCUT2D eigenvalue weighted by Gasteiger charge is -2.07. The van der Waals surface area contributed by atoms with E-state index < -0.39 is 0 Å². The summed E-state index contributed by atoms with van der Waals surface area (Å²) in [6, 6.07) is 15.1. The van der Waals surface area contributed by atoms with Crippen LogP contribution in [0, 0.1) is 6.92 Å². The van der Waals surface area contributed by atoms with E-state index >= 15 is 0 Å². The minimum absolute atomic E-state index is 0.286. The summed E-state index contributed by atoms with van der Waals surface area (Å²) in [4.78, 5) is 25.6. The van der Waals surface area contributed by atoms with Crippen LogP contribution in [0.2, 0.25) is 0 Å². The Labute approximate surface area is 148 Å². The molecule has 5 nitrogen and oxygen atoms in total. The number of benzene rings is 2. The van der Waals surface area contributed by atoms with E-state index in [9.17, 15) is 4.79 Å². The van der Waals surface area contributed by atoms with Gasteiger partial charge in [0, 0.05) is 16.6 Å². The molecule has 0 bridgehead atoms. The highest BCUT2D eigenvalue weighted by molar-refractivity contribution is 7.09. The normalized spacial score (nSPS) is 10.8. The number of fused-ring (bicyclic) bond motifs is 1. The first-order chi connectivity index (χ1) is 12.2. The molecule has 4 rings (SSSR count). The Morgan fingerprint density at radius 2 is 1.88 bits per heavy atom. The SMILES string of the molecule is Cc1nc(-c2cccc(NC(=O)c3cnc4ccccc4n3)c2)cs1. The number of aryl methyl sites for hydroxylation is 1. The Bertz CT molecular complexity index is 1070. The van der Waals surface area contributed by atoms with E-state index in [1.165, 1.54) is 6.20 Å². The van der Waals surface area contributed by atoms with Crippen molar-refractivity contribution in [1.82, 2.24) is 15.0 Å². The van der Waals surface area contributed by atoms with Crippen LogP contribution in [0.4, 0.5) is 5.69 Å². The summed E-state index contributed by atoms with van der Waals surface area (Å²) in [7, 11) is 0. The molecule has 2 aromatic heterocycles. The van der Waals surface area contributed by atoms with Crippen LogP contribution in [-0.4, -0.2) is 20.9 Å². The first kappa shape index (κ1) is 15.4. The van der Waals surface area contributed by atoms with Gasteiger partial charge in [0.2, 0.25) is 0 Å². The second kappa shape index (κ2) is 6.41. The molecule has 6 heteroatoms. The molecule has 0 aliphatic carbocycles. The average molecular weight is 346 g/mol. The molecule has 1 amide bonds. The van der Waals surface area contributed by atoms with Crippen LogP contribution in [0.1, 0.15) is 15.5 Å². The number of nitrogens with one attached hydrogen (secondary N) is 1. The molecular formula is C19H14N4OS. The lowest BCUT2D eigenvalue weighted by molar-refractivity contribution is 0.102. The van der Waals surface area contributed by atoms with Crippen molar-refractivity contribution in [2.24, 2.45) is 0 Å². The minimum atomic E-state index is -0.287. The maximum absolute atomic E-state index is 12.5. The standard InChI is InChI=1S/C19H14N4OS/c1-12-21-18(11-25-12)13-5-4-6-14(9-13)22-19(24)17-10-20-15-7-2-3-8-16(15)23-17/h2-11H,1H3,(H,22,24). The third-order valence-electron chi connectivity index (χ3n) is 3.72. The Morgan fingerprint density at radius 3 is 2.68 bits per heavy atom. The van der Waals surface area contributed by atoms with Crippen LogP contribution >= 0.6 is 11.3 Å².